The second-order valence-electron chi connectivity index (χ2n) is 10.2. The van der Waals surface area contributed by atoms with Crippen LogP contribution in [0.2, 0.25) is 0 Å². The molecule has 0 fully saturated rings. The lowest BCUT2D eigenvalue weighted by Gasteiger charge is -2.38. The Morgan fingerprint density at radius 2 is 1.88 bits per heavy atom. The predicted octanol–water partition coefficient (Wildman–Crippen LogP) is 7.10. The Hall–Kier alpha value is -4.12. The molecule has 0 spiro atoms. The number of alkyl halides is 3. The average Bonchev–Trinajstić information content (AvgIpc) is 2.94. The van der Waals surface area contributed by atoms with E-state index < -0.39 is 44.3 Å². The molecule has 2 N–H and O–H groups in total. The Balaban J connectivity index is 1.57. The lowest BCUT2D eigenvalue weighted by Crippen LogP contribution is -2.41. The van der Waals surface area contributed by atoms with E-state index in [0.29, 0.717) is 43.5 Å². The number of carbonyl (C=O) groups is 1. The van der Waals surface area contributed by atoms with Gasteiger partial charge in [0.2, 0.25) is 0 Å². The van der Waals surface area contributed by atoms with Crippen molar-refractivity contribution in [1.82, 2.24) is 4.98 Å². The van der Waals surface area contributed by atoms with Gasteiger partial charge in [-0.05, 0) is 54.7 Å². The largest absolute Gasteiger partial charge is 0.512 e. The van der Waals surface area contributed by atoms with Crippen LogP contribution in [-0.4, -0.2) is 30.1 Å². The highest BCUT2D eigenvalue weighted by Gasteiger charge is 2.43. The summed E-state index contributed by atoms with van der Waals surface area (Å²) in [6, 6.07) is 17.4. The number of aliphatic hydroxyl groups excluding tert-OH is 1. The van der Waals surface area contributed by atoms with E-state index in [4.69, 9.17) is 4.74 Å². The number of cyclic esters (lactones) is 1. The second-order valence-corrected chi connectivity index (χ2v) is 11.8. The molecule has 0 saturated carbocycles. The average molecular weight is 601 g/mol. The number of nitrogens with one attached hydrogen (secondary N) is 1. The maximum Gasteiger partial charge on any atom is 0.417 e. The molecule has 4 rings (SSSR count). The molecule has 0 aliphatic carbocycles. The fourth-order valence-corrected chi connectivity index (χ4v) is 6.10. The van der Waals surface area contributed by atoms with E-state index in [0.717, 1.165) is 11.6 Å². The summed E-state index contributed by atoms with van der Waals surface area (Å²) in [6.07, 6.45) is -0.562. The number of hydrogen-bond acceptors (Lipinski definition) is 6. The first kappa shape index (κ1) is 30.8. The number of esters is 1. The van der Waals surface area contributed by atoms with Crippen molar-refractivity contribution in [2.45, 2.75) is 61.7 Å². The minimum Gasteiger partial charge on any atom is -0.512 e. The Morgan fingerprint density at radius 1 is 1.14 bits per heavy atom. The Bertz CT molecular complexity index is 1570. The van der Waals surface area contributed by atoms with Gasteiger partial charge in [0.15, 0.2) is 5.03 Å². The molecule has 0 radical (unpaired) electrons. The summed E-state index contributed by atoms with van der Waals surface area (Å²) in [4.78, 5) is 16.9. The Kier molecular flexibility index (Phi) is 9.10. The molecule has 7 nitrogen and oxygen atoms in total. The normalized spacial score (nSPS) is 18.3. The van der Waals surface area contributed by atoms with Crippen LogP contribution in [0.3, 0.4) is 0 Å². The highest BCUT2D eigenvalue weighted by molar-refractivity contribution is 7.92. The van der Waals surface area contributed by atoms with Crippen LogP contribution < -0.4 is 4.72 Å². The molecule has 2 aromatic carbocycles. The van der Waals surface area contributed by atoms with Crippen molar-refractivity contribution in [2.75, 3.05) is 4.72 Å². The van der Waals surface area contributed by atoms with Gasteiger partial charge in [-0.3, -0.25) is 4.72 Å². The third kappa shape index (κ3) is 7.02. The molecule has 11 heteroatoms. The highest BCUT2D eigenvalue weighted by atomic mass is 32.2. The SMILES string of the molecule is C=CC[C@@]1(CCc2ccccc2)CC(O)=C([C@H](CC)c2cccc(NS(=O)(=O)c3ccc(C(F)(F)F)cn3)c2)C(=O)O1. The van der Waals surface area contributed by atoms with Gasteiger partial charge in [-0.1, -0.05) is 55.5 Å². The predicted molar refractivity (Wildman–Crippen MR) is 152 cm³/mol. The summed E-state index contributed by atoms with van der Waals surface area (Å²) < 4.78 is 72.5. The number of aromatic nitrogens is 1. The summed E-state index contributed by atoms with van der Waals surface area (Å²) in [6.45, 7) is 5.62. The summed E-state index contributed by atoms with van der Waals surface area (Å²) in [5, 5.41) is 10.6. The van der Waals surface area contributed by atoms with Crippen LogP contribution >= 0.6 is 0 Å². The standard InChI is InChI=1S/C31H31F3N2O5S/c1-3-16-30(17-15-21-9-6-5-7-10-21)19-26(37)28(29(38)41-30)25(4-2)22-11-8-12-24(18-22)36-42(39,40)27-14-13-23(20-35-27)31(32,33)34/h3,5-14,18,20,25,36-37H,1,4,15-17,19H2,2H3/t25-,30-/m1/s1. The molecule has 0 bridgehead atoms. The molecule has 1 aliphatic heterocycles. The van der Waals surface area contributed by atoms with Gasteiger partial charge in [0, 0.05) is 30.6 Å². The van der Waals surface area contributed by atoms with E-state index in [-0.39, 0.29) is 23.4 Å². The van der Waals surface area contributed by atoms with Crippen molar-refractivity contribution >= 4 is 21.7 Å². The van der Waals surface area contributed by atoms with Crippen molar-refractivity contribution in [3.63, 3.8) is 0 Å². The molecule has 0 saturated heterocycles. The maximum absolute atomic E-state index is 13.4. The molecule has 0 amide bonds. The molecular formula is C31H31F3N2O5S. The maximum atomic E-state index is 13.4. The third-order valence-corrected chi connectivity index (χ3v) is 8.49. The lowest BCUT2D eigenvalue weighted by molar-refractivity contribution is -0.160. The third-order valence-electron chi connectivity index (χ3n) is 7.20. The number of anilines is 1. The zero-order valence-corrected chi connectivity index (χ0v) is 23.7. The fourth-order valence-electron chi connectivity index (χ4n) is 5.12. The van der Waals surface area contributed by atoms with Gasteiger partial charge in [0.05, 0.1) is 11.1 Å². The van der Waals surface area contributed by atoms with Crippen LogP contribution in [-0.2, 0) is 32.2 Å². The number of halogens is 3. The van der Waals surface area contributed by atoms with Crippen molar-refractivity contribution in [3.05, 3.63) is 114 Å². The van der Waals surface area contributed by atoms with E-state index in [2.05, 4.69) is 16.3 Å². The molecule has 222 valence electrons. The van der Waals surface area contributed by atoms with Gasteiger partial charge in [-0.2, -0.15) is 21.6 Å². The lowest BCUT2D eigenvalue weighted by atomic mass is 9.80. The van der Waals surface area contributed by atoms with Crippen molar-refractivity contribution in [1.29, 1.82) is 0 Å². The van der Waals surface area contributed by atoms with Gasteiger partial charge in [-0.15, -0.1) is 6.58 Å². The summed E-state index contributed by atoms with van der Waals surface area (Å²) in [7, 11) is -4.31. The van der Waals surface area contributed by atoms with Crippen molar-refractivity contribution in [3.8, 4) is 0 Å². The molecule has 1 aromatic heterocycles. The zero-order chi connectivity index (χ0) is 30.5. The van der Waals surface area contributed by atoms with Gasteiger partial charge >= 0.3 is 12.1 Å². The molecule has 1 aliphatic rings. The Labute approximate surface area is 242 Å². The summed E-state index contributed by atoms with van der Waals surface area (Å²) >= 11 is 0. The topological polar surface area (TPSA) is 106 Å². The van der Waals surface area contributed by atoms with E-state index in [9.17, 15) is 31.5 Å². The second kappa shape index (κ2) is 12.4. The molecule has 42 heavy (non-hydrogen) atoms. The van der Waals surface area contributed by atoms with Crippen molar-refractivity contribution in [2.24, 2.45) is 0 Å². The first-order valence-corrected chi connectivity index (χ1v) is 14.8. The number of nitrogens with zero attached hydrogens (tertiary/aromatic N) is 1. The molecule has 2 heterocycles. The number of benzene rings is 2. The smallest absolute Gasteiger partial charge is 0.417 e. The molecule has 2 atom stereocenters. The van der Waals surface area contributed by atoms with Crippen LogP contribution in [0.15, 0.2) is 102 Å². The number of aryl methyl sites for hydroxylation is 1. The first-order chi connectivity index (χ1) is 19.9. The monoisotopic (exact) mass is 600 g/mol. The van der Waals surface area contributed by atoms with E-state index in [1.54, 1.807) is 18.2 Å². The quantitative estimate of drug-likeness (QED) is 0.180. The van der Waals surface area contributed by atoms with Gasteiger partial charge in [0.25, 0.3) is 10.0 Å². The van der Waals surface area contributed by atoms with Crippen LogP contribution in [0, 0.1) is 0 Å². The van der Waals surface area contributed by atoms with Gasteiger partial charge in [-0.25, -0.2) is 9.78 Å². The van der Waals surface area contributed by atoms with Gasteiger partial charge in [0.1, 0.15) is 11.4 Å². The molecular weight excluding hydrogens is 569 g/mol. The van der Waals surface area contributed by atoms with Crippen molar-refractivity contribution < 1.29 is 36.2 Å². The highest BCUT2D eigenvalue weighted by Crippen LogP contribution is 2.42. The van der Waals surface area contributed by atoms with Crippen LogP contribution in [0.4, 0.5) is 18.9 Å². The van der Waals surface area contributed by atoms with Crippen LogP contribution in [0.5, 0.6) is 0 Å². The number of carbonyl (C=O) groups excluding carboxylic acids is 1. The minimum absolute atomic E-state index is 0.0899. The van der Waals surface area contributed by atoms with Gasteiger partial charge < -0.3 is 9.84 Å². The Morgan fingerprint density at radius 3 is 2.48 bits per heavy atom. The number of aliphatic hydroxyl groups is 1. The number of sulfonamides is 1. The van der Waals surface area contributed by atoms with E-state index in [1.807, 2.05) is 37.3 Å². The van der Waals surface area contributed by atoms with E-state index >= 15 is 0 Å². The fraction of sp³-hybridized carbons (Fsp3) is 0.290. The van der Waals surface area contributed by atoms with Crippen LogP contribution in [0.25, 0.3) is 0 Å². The van der Waals surface area contributed by atoms with E-state index in [1.165, 1.54) is 12.1 Å². The first-order valence-electron chi connectivity index (χ1n) is 13.3. The number of rotatable bonds is 11. The number of pyridine rings is 1. The summed E-state index contributed by atoms with van der Waals surface area (Å²) in [5.74, 6) is -1.35. The number of hydrogen-bond donors (Lipinski definition) is 2. The summed E-state index contributed by atoms with van der Waals surface area (Å²) in [5.41, 5.74) is -0.200. The zero-order valence-electron chi connectivity index (χ0n) is 22.9. The minimum atomic E-state index is -4.65. The molecule has 0 unspecified atom stereocenters. The van der Waals surface area contributed by atoms with Crippen LogP contribution in [0.1, 0.15) is 55.2 Å². The molecule has 3 aromatic rings. The number of ether oxygens (including phenoxy) is 1.